The second-order valence-corrected chi connectivity index (χ2v) is 7.30. The predicted molar refractivity (Wildman–Crippen MR) is 119 cm³/mol. The summed E-state index contributed by atoms with van der Waals surface area (Å²) in [6, 6.07) is 22.7. The maximum Gasteiger partial charge on any atom is 0.185 e. The molecule has 0 amide bonds. The molecule has 0 N–H and O–H groups in total. The van der Waals surface area contributed by atoms with Gasteiger partial charge in [-0.1, -0.05) is 41.9 Å². The van der Waals surface area contributed by atoms with Gasteiger partial charge in [0, 0.05) is 17.7 Å². The highest BCUT2D eigenvalue weighted by atomic mass is 35.5. The highest BCUT2D eigenvalue weighted by Gasteiger charge is 2.19. The lowest BCUT2D eigenvalue weighted by Gasteiger charge is -2.22. The first-order chi connectivity index (χ1) is 14.5. The molecule has 0 atom stereocenters. The number of rotatable bonds is 4. The van der Waals surface area contributed by atoms with Crippen molar-refractivity contribution in [2.75, 3.05) is 7.11 Å². The molecule has 30 heavy (non-hydrogen) atoms. The number of aromatic nitrogens is 1. The number of nitrogens with zero attached hydrogens (tertiary/aromatic N) is 1. The van der Waals surface area contributed by atoms with Crippen molar-refractivity contribution in [3.8, 4) is 34.0 Å². The summed E-state index contributed by atoms with van der Waals surface area (Å²) in [5.41, 5.74) is 4.00. The molecular weight excluding hydrogens is 401 g/mol. The summed E-state index contributed by atoms with van der Waals surface area (Å²) in [5, 5.41) is 0.499. The lowest BCUT2D eigenvalue weighted by atomic mass is 10.0. The van der Waals surface area contributed by atoms with E-state index in [1.807, 2.05) is 41.0 Å². The standard InChI is InChI=1S/C25H19ClFNO2/c1-16-24(29)15-22(17-6-4-3-5-7-17)28(23-14-20(30-2)12-13-21(23)26)25(16)18-8-10-19(27)11-9-18/h3-15H,1-2H3. The van der Waals surface area contributed by atoms with Crippen LogP contribution in [-0.2, 0) is 0 Å². The van der Waals surface area contributed by atoms with E-state index in [4.69, 9.17) is 16.3 Å². The number of halogens is 2. The van der Waals surface area contributed by atoms with Crippen molar-refractivity contribution in [1.82, 2.24) is 4.57 Å². The van der Waals surface area contributed by atoms with E-state index in [1.165, 1.54) is 12.1 Å². The Labute approximate surface area is 179 Å². The molecule has 5 heteroatoms. The molecule has 0 saturated heterocycles. The van der Waals surface area contributed by atoms with Gasteiger partial charge in [0.2, 0.25) is 0 Å². The Hall–Kier alpha value is -3.37. The van der Waals surface area contributed by atoms with Crippen molar-refractivity contribution in [2.45, 2.75) is 6.92 Å². The van der Waals surface area contributed by atoms with E-state index in [2.05, 4.69) is 0 Å². The molecule has 0 aliphatic carbocycles. The minimum atomic E-state index is -0.344. The topological polar surface area (TPSA) is 31.2 Å². The fourth-order valence-electron chi connectivity index (χ4n) is 3.52. The third-order valence-electron chi connectivity index (χ3n) is 5.04. The molecule has 0 saturated carbocycles. The van der Waals surface area contributed by atoms with Crippen molar-refractivity contribution < 1.29 is 9.13 Å². The quantitative estimate of drug-likeness (QED) is 0.389. The molecule has 4 aromatic rings. The molecule has 0 fully saturated rings. The second kappa shape index (κ2) is 8.17. The number of ether oxygens (including phenoxy) is 1. The fraction of sp³-hybridized carbons (Fsp3) is 0.0800. The average molecular weight is 420 g/mol. The maximum absolute atomic E-state index is 13.6. The Balaban J connectivity index is 2.16. The summed E-state index contributed by atoms with van der Waals surface area (Å²) in [6.07, 6.45) is 0. The fourth-order valence-corrected chi connectivity index (χ4v) is 3.72. The van der Waals surface area contributed by atoms with Crippen LogP contribution in [0.3, 0.4) is 0 Å². The van der Waals surface area contributed by atoms with Crippen LogP contribution in [0.4, 0.5) is 4.39 Å². The van der Waals surface area contributed by atoms with Crippen LogP contribution < -0.4 is 10.2 Å². The first-order valence-electron chi connectivity index (χ1n) is 9.41. The van der Waals surface area contributed by atoms with Crippen LogP contribution in [0.15, 0.2) is 83.7 Å². The summed E-state index contributed by atoms with van der Waals surface area (Å²) in [6.45, 7) is 1.76. The van der Waals surface area contributed by atoms with Crippen LogP contribution in [-0.4, -0.2) is 11.7 Å². The molecule has 3 nitrogen and oxygen atoms in total. The number of methoxy groups -OCH3 is 1. The van der Waals surface area contributed by atoms with Crippen molar-refractivity contribution in [1.29, 1.82) is 0 Å². The van der Waals surface area contributed by atoms with Crippen LogP contribution >= 0.6 is 11.6 Å². The minimum Gasteiger partial charge on any atom is -0.497 e. The first-order valence-corrected chi connectivity index (χ1v) is 9.79. The van der Waals surface area contributed by atoms with Gasteiger partial charge in [-0.15, -0.1) is 0 Å². The molecule has 0 radical (unpaired) electrons. The molecule has 1 heterocycles. The zero-order chi connectivity index (χ0) is 21.3. The molecule has 0 bridgehead atoms. The Kier molecular flexibility index (Phi) is 5.42. The van der Waals surface area contributed by atoms with Gasteiger partial charge in [0.1, 0.15) is 11.6 Å². The highest BCUT2D eigenvalue weighted by molar-refractivity contribution is 6.32. The molecule has 1 aromatic heterocycles. The van der Waals surface area contributed by atoms with Gasteiger partial charge in [0.25, 0.3) is 0 Å². The Bertz CT molecular complexity index is 1270. The summed E-state index contributed by atoms with van der Waals surface area (Å²) in [5.74, 6) is 0.291. The summed E-state index contributed by atoms with van der Waals surface area (Å²) >= 11 is 6.61. The van der Waals surface area contributed by atoms with E-state index in [-0.39, 0.29) is 11.2 Å². The van der Waals surface area contributed by atoms with E-state index < -0.39 is 0 Å². The number of benzene rings is 3. The molecule has 4 rings (SSSR count). The van der Waals surface area contributed by atoms with Crippen molar-refractivity contribution in [2.24, 2.45) is 0 Å². The van der Waals surface area contributed by atoms with Gasteiger partial charge in [0.15, 0.2) is 5.43 Å². The van der Waals surface area contributed by atoms with Crippen molar-refractivity contribution in [3.63, 3.8) is 0 Å². The van der Waals surface area contributed by atoms with Crippen LogP contribution in [0, 0.1) is 12.7 Å². The van der Waals surface area contributed by atoms with Crippen LogP contribution in [0.1, 0.15) is 5.56 Å². The van der Waals surface area contributed by atoms with E-state index in [0.717, 1.165) is 5.56 Å². The van der Waals surface area contributed by atoms with Gasteiger partial charge in [-0.05, 0) is 54.4 Å². The zero-order valence-electron chi connectivity index (χ0n) is 16.5. The number of hydrogen-bond acceptors (Lipinski definition) is 2. The molecular formula is C25H19ClFNO2. The average Bonchev–Trinajstić information content (AvgIpc) is 2.77. The lowest BCUT2D eigenvalue weighted by Crippen LogP contribution is -2.16. The largest absolute Gasteiger partial charge is 0.497 e. The highest BCUT2D eigenvalue weighted by Crippen LogP contribution is 2.35. The third-order valence-corrected chi connectivity index (χ3v) is 5.36. The predicted octanol–water partition coefficient (Wildman–Crippen LogP) is 6.28. The third kappa shape index (κ3) is 3.62. The molecule has 0 aliphatic rings. The monoisotopic (exact) mass is 419 g/mol. The molecule has 0 unspecified atom stereocenters. The minimum absolute atomic E-state index is 0.108. The molecule has 150 valence electrons. The lowest BCUT2D eigenvalue weighted by molar-refractivity contribution is 0.414. The first kappa shape index (κ1) is 19.9. The van der Waals surface area contributed by atoms with Crippen LogP contribution in [0.2, 0.25) is 5.02 Å². The Morgan fingerprint density at radius 1 is 0.900 bits per heavy atom. The van der Waals surface area contributed by atoms with Gasteiger partial charge in [-0.2, -0.15) is 0 Å². The van der Waals surface area contributed by atoms with E-state index in [0.29, 0.717) is 39.0 Å². The second-order valence-electron chi connectivity index (χ2n) is 6.89. The number of hydrogen-bond donors (Lipinski definition) is 0. The van der Waals surface area contributed by atoms with Gasteiger partial charge in [-0.3, -0.25) is 4.79 Å². The van der Waals surface area contributed by atoms with Gasteiger partial charge >= 0.3 is 0 Å². The van der Waals surface area contributed by atoms with Gasteiger partial charge in [-0.25, -0.2) is 4.39 Å². The zero-order valence-corrected chi connectivity index (χ0v) is 17.3. The maximum atomic E-state index is 13.6. The smallest absolute Gasteiger partial charge is 0.185 e. The Morgan fingerprint density at radius 3 is 2.27 bits per heavy atom. The van der Waals surface area contributed by atoms with E-state index in [1.54, 1.807) is 44.4 Å². The van der Waals surface area contributed by atoms with E-state index >= 15 is 0 Å². The summed E-state index contributed by atoms with van der Waals surface area (Å²) in [4.78, 5) is 12.9. The van der Waals surface area contributed by atoms with Gasteiger partial charge < -0.3 is 9.30 Å². The number of pyridine rings is 1. The SMILES string of the molecule is COc1ccc(Cl)c(-n2c(-c3ccccc3)cc(=O)c(C)c2-c2ccc(F)cc2)c1. The van der Waals surface area contributed by atoms with E-state index in [9.17, 15) is 9.18 Å². The van der Waals surface area contributed by atoms with Crippen molar-refractivity contribution in [3.05, 3.63) is 105 Å². The molecule has 0 aliphatic heterocycles. The normalized spacial score (nSPS) is 10.8. The van der Waals surface area contributed by atoms with Crippen LogP contribution in [0.25, 0.3) is 28.2 Å². The summed E-state index contributed by atoms with van der Waals surface area (Å²) in [7, 11) is 1.59. The summed E-state index contributed by atoms with van der Waals surface area (Å²) < 4.78 is 21.0. The van der Waals surface area contributed by atoms with Gasteiger partial charge in [0.05, 0.1) is 29.2 Å². The molecule has 3 aromatic carbocycles. The Morgan fingerprint density at radius 2 is 1.60 bits per heavy atom. The van der Waals surface area contributed by atoms with Crippen LogP contribution in [0.5, 0.6) is 5.75 Å². The van der Waals surface area contributed by atoms with Crippen molar-refractivity contribution >= 4 is 11.6 Å². The molecule has 0 spiro atoms.